The molecule has 1 N–H and O–H groups in total. The number of anilines is 1. The molecule has 5 nitrogen and oxygen atoms in total. The number of nitrogens with zero attached hydrogens (tertiary/aromatic N) is 3. The molecular formula is C24H27FN4O. The summed E-state index contributed by atoms with van der Waals surface area (Å²) in [5.74, 6) is -0.213. The Morgan fingerprint density at radius 3 is 2.60 bits per heavy atom. The van der Waals surface area contributed by atoms with Gasteiger partial charge in [-0.05, 0) is 68.9 Å². The molecule has 3 rings (SSSR count). The first-order chi connectivity index (χ1) is 14.6. The molecule has 0 aliphatic rings. The molecule has 1 aromatic heterocycles. The number of carbonyl (C=O) groups is 1. The van der Waals surface area contributed by atoms with Crippen LogP contribution in [0.15, 0.2) is 73.3 Å². The van der Waals surface area contributed by atoms with Crippen LogP contribution < -0.4 is 4.90 Å². The minimum atomic E-state index is -0.258. The van der Waals surface area contributed by atoms with Crippen LogP contribution in [0.2, 0.25) is 0 Å². The van der Waals surface area contributed by atoms with Gasteiger partial charge in [0, 0.05) is 23.5 Å². The number of aromatic amines is 1. The Labute approximate surface area is 176 Å². The molecule has 0 spiro atoms. The summed E-state index contributed by atoms with van der Waals surface area (Å²) in [4.78, 5) is 16.5. The van der Waals surface area contributed by atoms with Gasteiger partial charge < -0.3 is 4.90 Å². The van der Waals surface area contributed by atoms with E-state index in [1.807, 2.05) is 48.3 Å². The number of carbonyl (C=O) groups excluding carboxylic acids is 1. The maximum Gasteiger partial charge on any atom is 0.241 e. The van der Waals surface area contributed by atoms with Crippen LogP contribution in [-0.2, 0) is 11.2 Å². The molecule has 0 saturated carbocycles. The van der Waals surface area contributed by atoms with Crippen molar-refractivity contribution in [3.05, 3.63) is 84.8 Å². The molecule has 2 aromatic carbocycles. The van der Waals surface area contributed by atoms with Crippen LogP contribution in [0.3, 0.4) is 0 Å². The number of amides is 1. The highest BCUT2D eigenvalue weighted by Gasteiger charge is 2.16. The fourth-order valence-electron chi connectivity index (χ4n) is 3.28. The van der Waals surface area contributed by atoms with Gasteiger partial charge in [-0.15, -0.1) is 6.58 Å². The number of aryl methyl sites for hydroxylation is 1. The first-order valence-corrected chi connectivity index (χ1v) is 10.0. The third kappa shape index (κ3) is 5.87. The number of H-pyrrole nitrogens is 1. The minimum absolute atomic E-state index is 0.0451. The lowest BCUT2D eigenvalue weighted by Gasteiger charge is -2.24. The molecule has 0 atom stereocenters. The van der Waals surface area contributed by atoms with Crippen molar-refractivity contribution in [1.82, 2.24) is 15.1 Å². The van der Waals surface area contributed by atoms with Crippen molar-refractivity contribution >= 4 is 11.6 Å². The van der Waals surface area contributed by atoms with Gasteiger partial charge in [0.25, 0.3) is 0 Å². The third-order valence-electron chi connectivity index (χ3n) is 4.84. The van der Waals surface area contributed by atoms with E-state index in [0.717, 1.165) is 42.0 Å². The lowest BCUT2D eigenvalue weighted by atomic mass is 10.1. The van der Waals surface area contributed by atoms with E-state index in [9.17, 15) is 9.18 Å². The molecule has 1 heterocycles. The van der Waals surface area contributed by atoms with Crippen molar-refractivity contribution in [3.63, 3.8) is 0 Å². The molecule has 1 amide bonds. The van der Waals surface area contributed by atoms with Crippen LogP contribution in [0.4, 0.5) is 10.1 Å². The first kappa shape index (κ1) is 21.5. The molecular weight excluding hydrogens is 379 g/mol. The topological polar surface area (TPSA) is 52.2 Å². The molecule has 0 bridgehead atoms. The van der Waals surface area contributed by atoms with E-state index in [0.29, 0.717) is 13.1 Å². The van der Waals surface area contributed by atoms with Crippen LogP contribution in [-0.4, -0.2) is 47.7 Å². The maximum absolute atomic E-state index is 13.1. The molecule has 0 radical (unpaired) electrons. The van der Waals surface area contributed by atoms with E-state index in [1.165, 1.54) is 12.1 Å². The number of rotatable bonds is 10. The minimum Gasteiger partial charge on any atom is -0.308 e. The quantitative estimate of drug-likeness (QED) is 0.511. The number of likely N-dealkylation sites (N-methyl/N-ethyl adjacent to an activating group) is 1. The molecule has 0 saturated heterocycles. The van der Waals surface area contributed by atoms with Gasteiger partial charge in [-0.25, -0.2) is 4.39 Å². The fourth-order valence-corrected chi connectivity index (χ4v) is 3.28. The van der Waals surface area contributed by atoms with E-state index in [1.54, 1.807) is 23.1 Å². The summed E-state index contributed by atoms with van der Waals surface area (Å²) in [5.41, 5.74) is 3.58. The Hall–Kier alpha value is -3.25. The number of hydrogen-bond acceptors (Lipinski definition) is 3. The normalized spacial score (nSPS) is 10.9. The Balaban J connectivity index is 1.48. The summed E-state index contributed by atoms with van der Waals surface area (Å²) >= 11 is 0. The number of halogens is 1. The maximum atomic E-state index is 13.1. The molecule has 3 aromatic rings. The predicted molar refractivity (Wildman–Crippen MR) is 119 cm³/mol. The van der Waals surface area contributed by atoms with Gasteiger partial charge >= 0.3 is 0 Å². The Morgan fingerprint density at radius 2 is 1.90 bits per heavy atom. The lowest BCUT2D eigenvalue weighted by molar-refractivity contribution is -0.119. The summed E-state index contributed by atoms with van der Waals surface area (Å²) in [7, 11) is 1.95. The summed E-state index contributed by atoms with van der Waals surface area (Å²) in [6, 6.07) is 17.9. The molecule has 6 heteroatoms. The summed E-state index contributed by atoms with van der Waals surface area (Å²) in [6.07, 6.45) is 3.45. The Morgan fingerprint density at radius 1 is 1.17 bits per heavy atom. The molecule has 0 aliphatic heterocycles. The second kappa shape index (κ2) is 10.5. The zero-order chi connectivity index (χ0) is 21.3. The molecule has 0 fully saturated rings. The van der Waals surface area contributed by atoms with Crippen LogP contribution in [0.25, 0.3) is 11.3 Å². The zero-order valence-corrected chi connectivity index (χ0v) is 17.2. The molecule has 156 valence electrons. The van der Waals surface area contributed by atoms with Gasteiger partial charge in [-0.3, -0.25) is 14.8 Å². The van der Waals surface area contributed by atoms with Crippen molar-refractivity contribution < 1.29 is 9.18 Å². The fraction of sp³-hybridized carbons (Fsp3) is 0.250. The van der Waals surface area contributed by atoms with Crippen molar-refractivity contribution in [1.29, 1.82) is 0 Å². The van der Waals surface area contributed by atoms with Crippen LogP contribution in [0.1, 0.15) is 12.1 Å². The van der Waals surface area contributed by atoms with Crippen LogP contribution in [0, 0.1) is 5.82 Å². The van der Waals surface area contributed by atoms with E-state index in [4.69, 9.17) is 0 Å². The monoisotopic (exact) mass is 406 g/mol. The first-order valence-electron chi connectivity index (χ1n) is 10.0. The SMILES string of the molecule is C=CCN(C(=O)CN(C)CCCc1cc(-c2ccc(F)cc2)n[nH]1)c1ccccc1. The lowest BCUT2D eigenvalue weighted by Crippen LogP contribution is -2.39. The van der Waals surface area contributed by atoms with Gasteiger partial charge in [0.2, 0.25) is 5.91 Å². The summed E-state index contributed by atoms with van der Waals surface area (Å²) < 4.78 is 13.1. The highest BCUT2D eigenvalue weighted by molar-refractivity contribution is 5.95. The van der Waals surface area contributed by atoms with Gasteiger partial charge in [-0.1, -0.05) is 24.3 Å². The van der Waals surface area contributed by atoms with E-state index in [-0.39, 0.29) is 11.7 Å². The Kier molecular flexibility index (Phi) is 7.51. The highest BCUT2D eigenvalue weighted by Crippen LogP contribution is 2.18. The van der Waals surface area contributed by atoms with E-state index >= 15 is 0 Å². The highest BCUT2D eigenvalue weighted by atomic mass is 19.1. The zero-order valence-electron chi connectivity index (χ0n) is 17.2. The van der Waals surface area contributed by atoms with Crippen molar-refractivity contribution in [2.24, 2.45) is 0 Å². The number of hydrogen-bond donors (Lipinski definition) is 1. The molecule has 30 heavy (non-hydrogen) atoms. The summed E-state index contributed by atoms with van der Waals surface area (Å²) in [6.45, 7) is 5.37. The number of aromatic nitrogens is 2. The van der Waals surface area contributed by atoms with Crippen molar-refractivity contribution in [3.8, 4) is 11.3 Å². The second-order valence-corrected chi connectivity index (χ2v) is 7.26. The van der Waals surface area contributed by atoms with Crippen molar-refractivity contribution in [2.75, 3.05) is 31.6 Å². The molecule has 0 unspecified atom stereocenters. The number of benzene rings is 2. The number of nitrogens with one attached hydrogen (secondary N) is 1. The average molecular weight is 407 g/mol. The van der Waals surface area contributed by atoms with Crippen LogP contribution in [0.5, 0.6) is 0 Å². The average Bonchev–Trinajstić information content (AvgIpc) is 3.22. The molecule has 0 aliphatic carbocycles. The van der Waals surface area contributed by atoms with Crippen LogP contribution >= 0.6 is 0 Å². The van der Waals surface area contributed by atoms with Gasteiger partial charge in [0.1, 0.15) is 5.82 Å². The largest absolute Gasteiger partial charge is 0.308 e. The Bertz CT molecular complexity index is 953. The third-order valence-corrected chi connectivity index (χ3v) is 4.84. The van der Waals surface area contributed by atoms with Crippen molar-refractivity contribution in [2.45, 2.75) is 12.8 Å². The van der Waals surface area contributed by atoms with E-state index in [2.05, 4.69) is 16.8 Å². The van der Waals surface area contributed by atoms with Gasteiger partial charge in [0.05, 0.1) is 12.2 Å². The summed E-state index contributed by atoms with van der Waals surface area (Å²) in [5, 5.41) is 7.35. The second-order valence-electron chi connectivity index (χ2n) is 7.26. The van der Waals surface area contributed by atoms with Gasteiger partial charge in [-0.2, -0.15) is 5.10 Å². The standard InChI is InChI=1S/C24H27FN4O/c1-3-15-29(22-9-5-4-6-10-22)24(30)18-28(2)16-7-8-21-17-23(27-26-21)19-11-13-20(25)14-12-19/h3-6,9-14,17H,1,7-8,15-16,18H2,2H3,(H,26,27). The predicted octanol–water partition coefficient (Wildman–Crippen LogP) is 4.30. The van der Waals surface area contributed by atoms with Gasteiger partial charge in [0.15, 0.2) is 0 Å². The number of para-hydroxylation sites is 1. The smallest absolute Gasteiger partial charge is 0.241 e. The van der Waals surface area contributed by atoms with E-state index < -0.39 is 0 Å².